The molecule has 1 unspecified atom stereocenters. The van der Waals surface area contributed by atoms with Crippen LogP contribution in [-0.4, -0.2) is 59.1 Å². The second kappa shape index (κ2) is 8.85. The number of hydrogen-bond donors (Lipinski definition) is 2. The van der Waals surface area contributed by atoms with Gasteiger partial charge < -0.3 is 15.1 Å². The average molecular weight is 413 g/mol. The number of aromatic nitrogens is 2. The molecule has 0 saturated carbocycles. The van der Waals surface area contributed by atoms with Crippen LogP contribution < -0.4 is 10.2 Å². The molecular formula is C22H28FN5O2. The number of nitrogens with one attached hydrogen (secondary N) is 2. The largest absolute Gasteiger partial charge is 0.353 e. The summed E-state index contributed by atoms with van der Waals surface area (Å²) in [6, 6.07) is 8.37. The summed E-state index contributed by atoms with van der Waals surface area (Å²) < 4.78 is 13.1. The maximum absolute atomic E-state index is 13.1. The minimum absolute atomic E-state index is 0.0218. The number of amides is 2. The molecule has 160 valence electrons. The normalized spacial score (nSPS) is 20.3. The number of hydrogen-bond acceptors (Lipinski definition) is 4. The van der Waals surface area contributed by atoms with Crippen molar-refractivity contribution in [1.29, 1.82) is 0 Å². The van der Waals surface area contributed by atoms with Crippen molar-refractivity contribution in [2.75, 3.05) is 31.1 Å². The molecule has 0 radical (unpaired) electrons. The summed E-state index contributed by atoms with van der Waals surface area (Å²) in [6.45, 7) is 4.49. The minimum atomic E-state index is -0.264. The van der Waals surface area contributed by atoms with Gasteiger partial charge >= 0.3 is 0 Å². The standard InChI is InChI=1S/C22H28FN5O2/c1-15(29)27-11-8-17(9-12-27)22(30)24-19-3-2-10-28(14-19)21-13-20(25-26-21)16-4-6-18(23)7-5-16/h4-7,13,17,19H,2-3,8-12,14H2,1H3,(H,24,30)(H,25,26). The molecule has 0 bridgehead atoms. The molecule has 4 rings (SSSR count). The van der Waals surface area contributed by atoms with E-state index in [4.69, 9.17) is 0 Å². The van der Waals surface area contributed by atoms with Crippen molar-refractivity contribution >= 4 is 17.6 Å². The van der Waals surface area contributed by atoms with Crippen LogP contribution in [0.3, 0.4) is 0 Å². The molecule has 8 heteroatoms. The van der Waals surface area contributed by atoms with Crippen LogP contribution in [-0.2, 0) is 9.59 Å². The number of H-pyrrole nitrogens is 1. The van der Waals surface area contributed by atoms with Gasteiger partial charge in [0.2, 0.25) is 11.8 Å². The summed E-state index contributed by atoms with van der Waals surface area (Å²) in [5, 5.41) is 10.7. The highest BCUT2D eigenvalue weighted by Gasteiger charge is 2.29. The second-order valence-corrected chi connectivity index (χ2v) is 8.22. The predicted molar refractivity (Wildman–Crippen MR) is 112 cm³/mol. The third-order valence-electron chi connectivity index (χ3n) is 6.12. The van der Waals surface area contributed by atoms with Crippen molar-refractivity contribution in [2.24, 2.45) is 5.92 Å². The van der Waals surface area contributed by atoms with E-state index in [1.54, 1.807) is 19.1 Å². The van der Waals surface area contributed by atoms with Crippen molar-refractivity contribution in [1.82, 2.24) is 20.4 Å². The molecule has 3 heterocycles. The van der Waals surface area contributed by atoms with Gasteiger partial charge in [-0.3, -0.25) is 14.7 Å². The van der Waals surface area contributed by atoms with Crippen LogP contribution in [0, 0.1) is 11.7 Å². The van der Waals surface area contributed by atoms with E-state index in [9.17, 15) is 14.0 Å². The van der Waals surface area contributed by atoms with Crippen LogP contribution in [0.2, 0.25) is 0 Å². The first kappa shape index (κ1) is 20.4. The lowest BCUT2D eigenvalue weighted by atomic mass is 9.95. The number of halogens is 1. The van der Waals surface area contributed by atoms with E-state index in [-0.39, 0.29) is 29.6 Å². The molecule has 0 spiro atoms. The first-order valence-electron chi connectivity index (χ1n) is 10.6. The van der Waals surface area contributed by atoms with E-state index in [2.05, 4.69) is 20.4 Å². The van der Waals surface area contributed by atoms with Crippen LogP contribution in [0.15, 0.2) is 30.3 Å². The maximum Gasteiger partial charge on any atom is 0.223 e. The van der Waals surface area contributed by atoms with E-state index in [0.29, 0.717) is 19.6 Å². The molecule has 1 atom stereocenters. The molecule has 2 aromatic rings. The molecule has 2 aliphatic rings. The molecule has 30 heavy (non-hydrogen) atoms. The minimum Gasteiger partial charge on any atom is -0.353 e. The Labute approximate surface area is 175 Å². The first-order chi connectivity index (χ1) is 14.5. The molecule has 1 aromatic heterocycles. The van der Waals surface area contributed by atoms with Gasteiger partial charge in [0.25, 0.3) is 0 Å². The van der Waals surface area contributed by atoms with Gasteiger partial charge in [-0.05, 0) is 55.5 Å². The topological polar surface area (TPSA) is 81.3 Å². The quantitative estimate of drug-likeness (QED) is 0.807. The highest BCUT2D eigenvalue weighted by molar-refractivity contribution is 5.80. The van der Waals surface area contributed by atoms with Crippen molar-refractivity contribution in [3.63, 3.8) is 0 Å². The van der Waals surface area contributed by atoms with Crippen LogP contribution in [0.5, 0.6) is 0 Å². The molecule has 2 N–H and O–H groups in total. The summed E-state index contributed by atoms with van der Waals surface area (Å²) in [5.41, 5.74) is 1.72. The predicted octanol–water partition coefficient (Wildman–Crippen LogP) is 2.56. The molecule has 2 amide bonds. The number of anilines is 1. The molecule has 2 saturated heterocycles. The monoisotopic (exact) mass is 413 g/mol. The lowest BCUT2D eigenvalue weighted by Crippen LogP contribution is -2.50. The van der Waals surface area contributed by atoms with Gasteiger partial charge in [-0.25, -0.2) is 4.39 Å². The smallest absolute Gasteiger partial charge is 0.223 e. The van der Waals surface area contributed by atoms with Crippen LogP contribution in [0.4, 0.5) is 10.2 Å². The van der Waals surface area contributed by atoms with E-state index in [1.165, 1.54) is 12.1 Å². The number of benzene rings is 1. The van der Waals surface area contributed by atoms with Crippen molar-refractivity contribution in [3.05, 3.63) is 36.1 Å². The van der Waals surface area contributed by atoms with Crippen LogP contribution in [0.25, 0.3) is 11.3 Å². The lowest BCUT2D eigenvalue weighted by Gasteiger charge is -2.35. The van der Waals surface area contributed by atoms with Gasteiger partial charge in [-0.15, -0.1) is 0 Å². The van der Waals surface area contributed by atoms with E-state index in [0.717, 1.165) is 49.3 Å². The fourth-order valence-corrected chi connectivity index (χ4v) is 4.33. The zero-order valence-electron chi connectivity index (χ0n) is 17.2. The molecule has 7 nitrogen and oxygen atoms in total. The summed E-state index contributed by atoms with van der Waals surface area (Å²) >= 11 is 0. The van der Waals surface area contributed by atoms with Gasteiger partial charge in [0.1, 0.15) is 5.82 Å². The van der Waals surface area contributed by atoms with Crippen molar-refractivity contribution in [2.45, 2.75) is 38.6 Å². The van der Waals surface area contributed by atoms with Crippen LogP contribution >= 0.6 is 0 Å². The fourth-order valence-electron chi connectivity index (χ4n) is 4.33. The van der Waals surface area contributed by atoms with Crippen LogP contribution in [0.1, 0.15) is 32.6 Å². The van der Waals surface area contributed by atoms with Gasteiger partial charge in [-0.1, -0.05) is 0 Å². The molecular weight excluding hydrogens is 385 g/mol. The van der Waals surface area contributed by atoms with E-state index < -0.39 is 0 Å². The SMILES string of the molecule is CC(=O)N1CCC(C(=O)NC2CCCN(c3cc(-c4ccc(F)cc4)[nH]n3)C2)CC1. The Balaban J connectivity index is 1.33. The Morgan fingerprint density at radius 2 is 1.87 bits per heavy atom. The maximum atomic E-state index is 13.1. The third kappa shape index (κ3) is 4.63. The number of rotatable bonds is 4. The van der Waals surface area contributed by atoms with E-state index >= 15 is 0 Å². The number of aromatic amines is 1. The van der Waals surface area contributed by atoms with E-state index in [1.807, 2.05) is 11.0 Å². The molecule has 2 aliphatic heterocycles. The number of carbonyl (C=O) groups excluding carboxylic acids is 2. The van der Waals surface area contributed by atoms with Gasteiger partial charge in [0, 0.05) is 51.1 Å². The van der Waals surface area contributed by atoms with Crippen molar-refractivity contribution in [3.8, 4) is 11.3 Å². The Kier molecular flexibility index (Phi) is 6.01. The third-order valence-corrected chi connectivity index (χ3v) is 6.12. The second-order valence-electron chi connectivity index (χ2n) is 8.22. The van der Waals surface area contributed by atoms with Gasteiger partial charge in [0.05, 0.1) is 5.69 Å². The molecule has 0 aliphatic carbocycles. The number of carbonyl (C=O) groups is 2. The Bertz CT molecular complexity index is 889. The summed E-state index contributed by atoms with van der Waals surface area (Å²) in [5.74, 6) is 0.726. The van der Waals surface area contributed by atoms with Gasteiger partial charge in [0.15, 0.2) is 5.82 Å². The van der Waals surface area contributed by atoms with Crippen molar-refractivity contribution < 1.29 is 14.0 Å². The number of nitrogens with zero attached hydrogens (tertiary/aromatic N) is 3. The summed E-state index contributed by atoms with van der Waals surface area (Å²) in [7, 11) is 0. The zero-order valence-corrected chi connectivity index (χ0v) is 17.2. The average Bonchev–Trinajstić information content (AvgIpc) is 3.25. The zero-order chi connectivity index (χ0) is 21.1. The van der Waals surface area contributed by atoms with Gasteiger partial charge in [-0.2, -0.15) is 5.10 Å². The highest BCUT2D eigenvalue weighted by atomic mass is 19.1. The Morgan fingerprint density at radius 3 is 2.57 bits per heavy atom. The molecule has 1 aromatic carbocycles. The molecule has 2 fully saturated rings. The highest BCUT2D eigenvalue weighted by Crippen LogP contribution is 2.25. The fraction of sp³-hybridized carbons (Fsp3) is 0.500. The Hall–Kier alpha value is -2.90. The number of likely N-dealkylation sites (tertiary alicyclic amines) is 1. The lowest BCUT2D eigenvalue weighted by molar-refractivity contribution is -0.134. The number of piperidine rings is 2. The summed E-state index contributed by atoms with van der Waals surface area (Å²) in [4.78, 5) is 28.2. The first-order valence-corrected chi connectivity index (χ1v) is 10.6. The Morgan fingerprint density at radius 1 is 1.13 bits per heavy atom. The summed E-state index contributed by atoms with van der Waals surface area (Å²) in [6.07, 6.45) is 3.38.